The summed E-state index contributed by atoms with van der Waals surface area (Å²) < 4.78 is 11.3. The molecule has 1 fully saturated rings. The summed E-state index contributed by atoms with van der Waals surface area (Å²) in [6.07, 6.45) is 1.79. The first-order chi connectivity index (χ1) is 8.60. The third kappa shape index (κ3) is 1.59. The molecule has 94 valence electrons. The van der Waals surface area contributed by atoms with Crippen LogP contribution >= 0.6 is 0 Å². The van der Waals surface area contributed by atoms with E-state index in [4.69, 9.17) is 14.3 Å². The Bertz CT molecular complexity index is 610. The van der Waals surface area contributed by atoms with Crippen molar-refractivity contribution in [1.82, 2.24) is 4.98 Å². The van der Waals surface area contributed by atoms with Crippen LogP contribution in [-0.2, 0) is 10.3 Å². The summed E-state index contributed by atoms with van der Waals surface area (Å²) in [5.41, 5.74) is 0.497. The minimum absolute atomic E-state index is 0.157. The lowest BCUT2D eigenvalue weighted by atomic mass is 10.0. The molecule has 1 atom stereocenters. The van der Waals surface area contributed by atoms with Crippen molar-refractivity contribution in [2.45, 2.75) is 25.4 Å². The monoisotopic (exact) mass is 247 g/mol. The third-order valence-corrected chi connectivity index (χ3v) is 3.32. The van der Waals surface area contributed by atoms with E-state index in [1.165, 1.54) is 6.07 Å². The van der Waals surface area contributed by atoms with E-state index in [9.17, 15) is 4.79 Å². The number of rotatable bonds is 2. The molecule has 0 amide bonds. The number of para-hydroxylation sites is 1. The fourth-order valence-electron chi connectivity index (χ4n) is 2.30. The van der Waals surface area contributed by atoms with Gasteiger partial charge in [-0.3, -0.25) is 0 Å². The molecule has 1 unspecified atom stereocenters. The van der Waals surface area contributed by atoms with E-state index in [1.807, 2.05) is 6.92 Å². The van der Waals surface area contributed by atoms with Crippen molar-refractivity contribution in [3.8, 4) is 0 Å². The number of aromatic carboxylic acids is 1. The van der Waals surface area contributed by atoms with Gasteiger partial charge in [0.1, 0.15) is 11.1 Å². The van der Waals surface area contributed by atoms with Crippen LogP contribution in [0.15, 0.2) is 22.6 Å². The van der Waals surface area contributed by atoms with Gasteiger partial charge in [-0.1, -0.05) is 6.07 Å². The highest BCUT2D eigenvalue weighted by atomic mass is 16.5. The number of carbonyl (C=O) groups is 1. The fourth-order valence-corrected chi connectivity index (χ4v) is 2.30. The van der Waals surface area contributed by atoms with Crippen molar-refractivity contribution in [1.29, 1.82) is 0 Å². The van der Waals surface area contributed by atoms with E-state index in [-0.39, 0.29) is 5.56 Å². The Morgan fingerprint density at radius 1 is 1.50 bits per heavy atom. The molecule has 0 bridgehead atoms. The van der Waals surface area contributed by atoms with Crippen LogP contribution in [0.3, 0.4) is 0 Å². The van der Waals surface area contributed by atoms with Gasteiger partial charge in [0.2, 0.25) is 5.89 Å². The Labute approximate surface area is 103 Å². The standard InChI is InChI=1S/C13H13NO4/c1-13(6-3-7-17-13)12-14-10-8(11(15)16)4-2-5-9(10)18-12/h2,4-5H,3,6-7H2,1H3,(H,15,16). The van der Waals surface area contributed by atoms with Gasteiger partial charge in [0.25, 0.3) is 0 Å². The molecule has 0 spiro atoms. The lowest BCUT2D eigenvalue weighted by Gasteiger charge is -2.17. The molecule has 5 nitrogen and oxygen atoms in total. The van der Waals surface area contributed by atoms with Gasteiger partial charge in [0, 0.05) is 6.61 Å². The van der Waals surface area contributed by atoms with Gasteiger partial charge in [-0.25, -0.2) is 9.78 Å². The second-order valence-electron chi connectivity index (χ2n) is 4.66. The third-order valence-electron chi connectivity index (χ3n) is 3.32. The minimum atomic E-state index is -1.00. The smallest absolute Gasteiger partial charge is 0.338 e. The average molecular weight is 247 g/mol. The van der Waals surface area contributed by atoms with Crippen molar-refractivity contribution in [2.75, 3.05) is 6.61 Å². The SMILES string of the molecule is CC1(c2nc3c(C(=O)O)cccc3o2)CCCO1. The Kier molecular flexibility index (Phi) is 2.38. The molecule has 1 N–H and O–H groups in total. The maximum Gasteiger partial charge on any atom is 0.338 e. The van der Waals surface area contributed by atoms with E-state index in [1.54, 1.807) is 12.1 Å². The summed E-state index contributed by atoms with van der Waals surface area (Å²) in [5.74, 6) is -0.540. The summed E-state index contributed by atoms with van der Waals surface area (Å²) in [5, 5.41) is 9.11. The maximum absolute atomic E-state index is 11.1. The van der Waals surface area contributed by atoms with Gasteiger partial charge in [-0.05, 0) is 31.9 Å². The van der Waals surface area contributed by atoms with Crippen LogP contribution in [0.4, 0.5) is 0 Å². The molecule has 0 aliphatic carbocycles. The number of ether oxygens (including phenoxy) is 1. The van der Waals surface area contributed by atoms with Crippen LogP contribution in [0, 0.1) is 0 Å². The molecule has 5 heteroatoms. The highest BCUT2D eigenvalue weighted by Crippen LogP contribution is 2.36. The number of aromatic nitrogens is 1. The highest BCUT2D eigenvalue weighted by molar-refractivity contribution is 6.00. The van der Waals surface area contributed by atoms with Crippen molar-refractivity contribution >= 4 is 17.1 Å². The Hall–Kier alpha value is -1.88. The summed E-state index contributed by atoms with van der Waals surface area (Å²) in [4.78, 5) is 15.4. The van der Waals surface area contributed by atoms with Gasteiger partial charge in [-0.2, -0.15) is 0 Å². The van der Waals surface area contributed by atoms with Crippen LogP contribution in [0.2, 0.25) is 0 Å². The Morgan fingerprint density at radius 2 is 2.33 bits per heavy atom. The zero-order valence-corrected chi connectivity index (χ0v) is 9.97. The molecule has 1 aromatic carbocycles. The zero-order valence-electron chi connectivity index (χ0n) is 9.97. The normalized spacial score (nSPS) is 23.6. The number of oxazole rings is 1. The van der Waals surface area contributed by atoms with Crippen LogP contribution in [0.5, 0.6) is 0 Å². The number of nitrogens with zero attached hydrogens (tertiary/aromatic N) is 1. The molecule has 0 radical (unpaired) electrons. The van der Waals surface area contributed by atoms with E-state index in [0.717, 1.165) is 12.8 Å². The lowest BCUT2D eigenvalue weighted by molar-refractivity contribution is -0.00410. The Balaban J connectivity index is 2.16. The molecule has 2 heterocycles. The van der Waals surface area contributed by atoms with Crippen molar-refractivity contribution in [3.05, 3.63) is 29.7 Å². The molecule has 1 aliphatic rings. The van der Waals surface area contributed by atoms with Crippen LogP contribution < -0.4 is 0 Å². The van der Waals surface area contributed by atoms with Crippen molar-refractivity contribution in [3.63, 3.8) is 0 Å². The second kappa shape index (κ2) is 3.81. The van der Waals surface area contributed by atoms with E-state index in [0.29, 0.717) is 23.6 Å². The van der Waals surface area contributed by atoms with E-state index in [2.05, 4.69) is 4.98 Å². The van der Waals surface area contributed by atoms with Crippen LogP contribution in [-0.4, -0.2) is 22.7 Å². The molecular formula is C13H13NO4. The first-order valence-corrected chi connectivity index (χ1v) is 5.87. The summed E-state index contributed by atoms with van der Waals surface area (Å²) in [6, 6.07) is 4.89. The predicted molar refractivity (Wildman–Crippen MR) is 63.5 cm³/mol. The van der Waals surface area contributed by atoms with Gasteiger partial charge in [0.15, 0.2) is 5.58 Å². The number of carboxylic acids is 1. The van der Waals surface area contributed by atoms with E-state index < -0.39 is 11.6 Å². The molecule has 0 saturated carbocycles. The minimum Gasteiger partial charge on any atom is -0.478 e. The summed E-state index contributed by atoms with van der Waals surface area (Å²) in [7, 11) is 0. The average Bonchev–Trinajstić information content (AvgIpc) is 2.94. The Morgan fingerprint density at radius 3 is 3.00 bits per heavy atom. The van der Waals surface area contributed by atoms with Crippen molar-refractivity contribution < 1.29 is 19.1 Å². The summed E-state index contributed by atoms with van der Waals surface area (Å²) in [6.45, 7) is 2.60. The number of fused-ring (bicyclic) bond motifs is 1. The highest BCUT2D eigenvalue weighted by Gasteiger charge is 2.37. The quantitative estimate of drug-likeness (QED) is 0.882. The van der Waals surface area contributed by atoms with Crippen LogP contribution in [0.25, 0.3) is 11.1 Å². The first kappa shape index (κ1) is 11.2. The number of benzene rings is 1. The molecule has 1 aliphatic heterocycles. The molecule has 1 aromatic heterocycles. The van der Waals surface area contributed by atoms with Gasteiger partial charge in [-0.15, -0.1) is 0 Å². The fraction of sp³-hybridized carbons (Fsp3) is 0.385. The molecule has 18 heavy (non-hydrogen) atoms. The number of hydrogen-bond acceptors (Lipinski definition) is 4. The largest absolute Gasteiger partial charge is 0.478 e. The van der Waals surface area contributed by atoms with Crippen molar-refractivity contribution in [2.24, 2.45) is 0 Å². The molecular weight excluding hydrogens is 234 g/mol. The number of hydrogen-bond donors (Lipinski definition) is 1. The molecule has 3 rings (SSSR count). The summed E-state index contributed by atoms with van der Waals surface area (Å²) >= 11 is 0. The first-order valence-electron chi connectivity index (χ1n) is 5.87. The maximum atomic E-state index is 11.1. The topological polar surface area (TPSA) is 72.6 Å². The predicted octanol–water partition coefficient (Wildman–Crippen LogP) is 2.55. The van der Waals surface area contributed by atoms with Gasteiger partial charge >= 0.3 is 5.97 Å². The lowest BCUT2D eigenvalue weighted by Crippen LogP contribution is -2.20. The molecule has 1 saturated heterocycles. The van der Waals surface area contributed by atoms with E-state index >= 15 is 0 Å². The van der Waals surface area contributed by atoms with Crippen LogP contribution in [0.1, 0.15) is 36.0 Å². The van der Waals surface area contributed by atoms with Gasteiger partial charge in [0.05, 0.1) is 5.56 Å². The van der Waals surface area contributed by atoms with Gasteiger partial charge < -0.3 is 14.3 Å². The molecule has 2 aromatic rings. The number of carboxylic acid groups (broad SMARTS) is 1. The second-order valence-corrected chi connectivity index (χ2v) is 4.66. The zero-order chi connectivity index (χ0) is 12.8.